The van der Waals surface area contributed by atoms with E-state index in [1.54, 1.807) is 0 Å². The standard InChI is InChI=1S/C55H91NO5/c1-4-7-10-13-16-19-22-24-26-28-30-33-36-39-42-45-48-55(60)61-51(46-43-40-37-34-31-21-18-15-12-9-6-3)49-54(59)56-52(50-57)53(58)47-44-41-38-35-32-29-27-25-23-20-17-14-11-8-5-2/h7,9-10,12,15-16,18-19,21,24,26,30-31,33-34,37,39,42,51-53,57-58H,4-6,8,11,13-14,17,20,22-23,25,27-29,32,35-36,38,40-41,43-50H2,1-3H3,(H,56,59)/b10-7+,12-9+,18-15+,19-16+,26-24+,31-21-,33-30+,37-34-,42-39+. The molecular formula is C55H91NO5. The number of amides is 1. The van der Waals surface area contributed by atoms with Crippen molar-refractivity contribution >= 4 is 11.9 Å². The van der Waals surface area contributed by atoms with Crippen molar-refractivity contribution in [3.05, 3.63) is 109 Å². The number of unbranched alkanes of at least 4 members (excludes halogenated alkanes) is 15. The summed E-state index contributed by atoms with van der Waals surface area (Å²) in [4.78, 5) is 26.0. The second-order valence-electron chi connectivity index (χ2n) is 16.2. The van der Waals surface area contributed by atoms with Crippen molar-refractivity contribution < 1.29 is 24.5 Å². The molecule has 0 aromatic heterocycles. The maximum atomic E-state index is 13.2. The lowest BCUT2D eigenvalue weighted by molar-refractivity contribution is -0.150. The second kappa shape index (κ2) is 47.6. The lowest BCUT2D eigenvalue weighted by Crippen LogP contribution is -2.46. The normalized spacial score (nSPS) is 14.2. The summed E-state index contributed by atoms with van der Waals surface area (Å²) in [5, 5.41) is 23.7. The zero-order chi connectivity index (χ0) is 44.5. The van der Waals surface area contributed by atoms with Gasteiger partial charge in [-0.15, -0.1) is 0 Å². The van der Waals surface area contributed by atoms with Crippen molar-refractivity contribution in [1.82, 2.24) is 5.32 Å². The topological polar surface area (TPSA) is 95.9 Å². The summed E-state index contributed by atoms with van der Waals surface area (Å²) in [6, 6.07) is -0.743. The van der Waals surface area contributed by atoms with Crippen LogP contribution in [0, 0.1) is 0 Å². The van der Waals surface area contributed by atoms with Gasteiger partial charge in [0.2, 0.25) is 5.91 Å². The molecule has 3 N–H and O–H groups in total. The Balaban J connectivity index is 4.72. The number of carbonyl (C=O) groups excluding carboxylic acids is 2. The van der Waals surface area contributed by atoms with Crippen molar-refractivity contribution in [3.63, 3.8) is 0 Å². The first-order valence-corrected chi connectivity index (χ1v) is 24.7. The molecule has 0 aromatic rings. The van der Waals surface area contributed by atoms with Gasteiger partial charge >= 0.3 is 5.97 Å². The third kappa shape index (κ3) is 43.0. The molecule has 346 valence electrons. The van der Waals surface area contributed by atoms with Gasteiger partial charge in [0.05, 0.1) is 25.2 Å². The van der Waals surface area contributed by atoms with Crippen molar-refractivity contribution in [3.8, 4) is 0 Å². The van der Waals surface area contributed by atoms with Crippen LogP contribution in [0.4, 0.5) is 0 Å². The third-order valence-electron chi connectivity index (χ3n) is 10.5. The molecule has 0 bridgehead atoms. The molecule has 0 radical (unpaired) electrons. The van der Waals surface area contributed by atoms with Gasteiger partial charge in [-0.25, -0.2) is 0 Å². The van der Waals surface area contributed by atoms with Crippen LogP contribution in [0.15, 0.2) is 109 Å². The lowest BCUT2D eigenvalue weighted by atomic mass is 10.0. The van der Waals surface area contributed by atoms with Gasteiger partial charge in [0.1, 0.15) is 6.10 Å². The average molecular weight is 846 g/mol. The lowest BCUT2D eigenvalue weighted by Gasteiger charge is -2.24. The van der Waals surface area contributed by atoms with Gasteiger partial charge in [-0.1, -0.05) is 226 Å². The molecule has 0 aliphatic heterocycles. The molecule has 0 aromatic carbocycles. The Bertz CT molecular complexity index is 1270. The van der Waals surface area contributed by atoms with E-state index in [4.69, 9.17) is 4.74 Å². The minimum atomic E-state index is -0.823. The SMILES string of the molecule is CC/C=C/C=C/C=C\C=C/CCCC(CC(=O)NC(CO)C(O)CCCCCCCCCCCCCCCCC)OC(=O)CC/C=C/C/C=C/C/C=C/C/C=C/C/C=C/CC. The Morgan fingerprint density at radius 1 is 0.508 bits per heavy atom. The van der Waals surface area contributed by atoms with Gasteiger partial charge < -0.3 is 20.3 Å². The van der Waals surface area contributed by atoms with Crippen molar-refractivity contribution in [1.29, 1.82) is 0 Å². The number of aliphatic hydroxyl groups excluding tert-OH is 2. The quantitative estimate of drug-likeness (QED) is 0.0246. The molecule has 3 unspecified atom stereocenters. The number of hydrogen-bond acceptors (Lipinski definition) is 5. The van der Waals surface area contributed by atoms with E-state index in [0.717, 1.165) is 70.6 Å². The largest absolute Gasteiger partial charge is 0.462 e. The zero-order valence-corrected chi connectivity index (χ0v) is 39.2. The third-order valence-corrected chi connectivity index (χ3v) is 10.5. The maximum absolute atomic E-state index is 13.2. The Hall–Kier alpha value is -3.48. The highest BCUT2D eigenvalue weighted by molar-refractivity contribution is 5.77. The van der Waals surface area contributed by atoms with Crippen LogP contribution in [0.5, 0.6) is 0 Å². The van der Waals surface area contributed by atoms with Gasteiger partial charge in [-0.3, -0.25) is 9.59 Å². The first-order chi connectivity index (χ1) is 30.0. The zero-order valence-electron chi connectivity index (χ0n) is 39.2. The molecule has 1 amide bonds. The molecule has 0 saturated carbocycles. The molecule has 0 rings (SSSR count). The van der Waals surface area contributed by atoms with E-state index in [2.05, 4.69) is 92.9 Å². The molecular weight excluding hydrogens is 755 g/mol. The minimum Gasteiger partial charge on any atom is -0.462 e. The fourth-order valence-corrected chi connectivity index (χ4v) is 6.79. The summed E-state index contributed by atoms with van der Waals surface area (Å²) in [5.74, 6) is -0.652. The molecule has 0 fully saturated rings. The monoisotopic (exact) mass is 846 g/mol. The average Bonchev–Trinajstić information content (AvgIpc) is 3.25. The van der Waals surface area contributed by atoms with Crippen LogP contribution in [0.1, 0.15) is 201 Å². The van der Waals surface area contributed by atoms with Gasteiger partial charge in [-0.2, -0.15) is 0 Å². The van der Waals surface area contributed by atoms with Crippen LogP contribution in [0.2, 0.25) is 0 Å². The molecule has 6 nitrogen and oxygen atoms in total. The number of allylic oxidation sites excluding steroid dienone is 18. The van der Waals surface area contributed by atoms with Crippen LogP contribution >= 0.6 is 0 Å². The summed E-state index contributed by atoms with van der Waals surface area (Å²) in [6.07, 6.45) is 64.5. The van der Waals surface area contributed by atoms with Gasteiger partial charge in [0.15, 0.2) is 0 Å². The maximum Gasteiger partial charge on any atom is 0.306 e. The Labute approximate surface area is 375 Å². The summed E-state index contributed by atoms with van der Waals surface area (Å²) in [6.45, 7) is 6.17. The number of esters is 1. The van der Waals surface area contributed by atoms with E-state index < -0.39 is 18.2 Å². The van der Waals surface area contributed by atoms with E-state index in [0.29, 0.717) is 19.3 Å². The summed E-state index contributed by atoms with van der Waals surface area (Å²) < 4.78 is 5.83. The Morgan fingerprint density at radius 3 is 1.48 bits per heavy atom. The highest BCUT2D eigenvalue weighted by Crippen LogP contribution is 2.16. The van der Waals surface area contributed by atoms with E-state index in [9.17, 15) is 19.8 Å². The number of aliphatic hydroxyl groups is 2. The van der Waals surface area contributed by atoms with E-state index in [1.165, 1.54) is 77.0 Å². The van der Waals surface area contributed by atoms with E-state index in [-0.39, 0.29) is 31.3 Å². The summed E-state index contributed by atoms with van der Waals surface area (Å²) >= 11 is 0. The number of hydrogen-bond donors (Lipinski definition) is 3. The van der Waals surface area contributed by atoms with Crippen LogP contribution in [-0.2, 0) is 14.3 Å². The first kappa shape index (κ1) is 57.5. The van der Waals surface area contributed by atoms with Gasteiger partial charge in [-0.05, 0) is 70.6 Å². The fraction of sp³-hybridized carbons (Fsp3) is 0.636. The van der Waals surface area contributed by atoms with Gasteiger partial charge in [0.25, 0.3) is 0 Å². The molecule has 0 heterocycles. The number of rotatable bonds is 42. The van der Waals surface area contributed by atoms with Crippen LogP contribution in [-0.4, -0.2) is 46.9 Å². The van der Waals surface area contributed by atoms with Crippen molar-refractivity contribution in [2.45, 2.75) is 219 Å². The Morgan fingerprint density at radius 2 is 0.967 bits per heavy atom. The molecule has 0 spiro atoms. The van der Waals surface area contributed by atoms with E-state index >= 15 is 0 Å². The fourth-order valence-electron chi connectivity index (χ4n) is 6.79. The van der Waals surface area contributed by atoms with Crippen LogP contribution < -0.4 is 5.32 Å². The number of ether oxygens (including phenoxy) is 1. The molecule has 0 aliphatic rings. The highest BCUT2D eigenvalue weighted by atomic mass is 16.5. The number of carbonyl (C=O) groups is 2. The van der Waals surface area contributed by atoms with Gasteiger partial charge in [0, 0.05) is 6.42 Å². The summed E-state index contributed by atoms with van der Waals surface area (Å²) in [5.41, 5.74) is 0. The smallest absolute Gasteiger partial charge is 0.306 e. The van der Waals surface area contributed by atoms with Crippen molar-refractivity contribution in [2.75, 3.05) is 6.61 Å². The predicted molar refractivity (Wildman–Crippen MR) is 263 cm³/mol. The first-order valence-electron chi connectivity index (χ1n) is 24.7. The molecule has 0 saturated heterocycles. The van der Waals surface area contributed by atoms with Crippen LogP contribution in [0.25, 0.3) is 0 Å². The van der Waals surface area contributed by atoms with E-state index in [1.807, 2.05) is 42.5 Å². The predicted octanol–water partition coefficient (Wildman–Crippen LogP) is 14.7. The molecule has 6 heteroatoms. The molecule has 0 aliphatic carbocycles. The highest BCUT2D eigenvalue weighted by Gasteiger charge is 2.23. The Kier molecular flexibility index (Phi) is 44.9. The summed E-state index contributed by atoms with van der Waals surface area (Å²) in [7, 11) is 0. The minimum absolute atomic E-state index is 0.00468. The molecule has 3 atom stereocenters. The van der Waals surface area contributed by atoms with Crippen LogP contribution in [0.3, 0.4) is 0 Å². The second-order valence-corrected chi connectivity index (χ2v) is 16.2. The molecule has 61 heavy (non-hydrogen) atoms. The number of nitrogens with one attached hydrogen (secondary N) is 1. The van der Waals surface area contributed by atoms with Crippen molar-refractivity contribution in [2.24, 2.45) is 0 Å².